The second-order valence-corrected chi connectivity index (χ2v) is 22.3. The number of hydrogen-bond donors (Lipinski definition) is 0. The second-order valence-electron chi connectivity index (χ2n) is 22.3. The average Bonchev–Trinajstić information content (AvgIpc) is 3.79. The first kappa shape index (κ1) is 42.0. The Hall–Kier alpha value is -6.64. The maximum atomic E-state index is 2.58. The van der Waals surface area contributed by atoms with Gasteiger partial charge in [-0.1, -0.05) is 185 Å². The zero-order chi connectivity index (χ0) is 46.1. The zero-order valence-corrected chi connectivity index (χ0v) is 40.6. The summed E-state index contributed by atoms with van der Waals surface area (Å²) in [5.41, 5.74) is 21.3. The fourth-order valence-electron chi connectivity index (χ4n) is 11.7. The van der Waals surface area contributed by atoms with Crippen molar-refractivity contribution in [3.63, 3.8) is 0 Å². The van der Waals surface area contributed by atoms with Crippen molar-refractivity contribution >= 4 is 38.9 Å². The summed E-state index contributed by atoms with van der Waals surface area (Å²) in [6, 6.07) is 66.6. The normalized spacial score (nSPS) is 16.3. The van der Waals surface area contributed by atoms with Crippen molar-refractivity contribution < 1.29 is 0 Å². The number of nitrogens with zero attached hydrogens (tertiary/aromatic N) is 2. The Balaban J connectivity index is 1.16. The molecule has 0 radical (unpaired) electrons. The summed E-state index contributed by atoms with van der Waals surface area (Å²) in [5, 5.41) is 2.50. The molecule has 2 aliphatic rings. The molecule has 0 N–H and O–H groups in total. The number of hydrogen-bond acceptors (Lipinski definition) is 1. The van der Waals surface area contributed by atoms with Crippen molar-refractivity contribution in [2.45, 2.75) is 97.8 Å². The fraction of sp³-hybridized carbons (Fsp3) is 0.250. The molecule has 11 rings (SSSR count). The number of benzene rings is 8. The van der Waals surface area contributed by atoms with Crippen LogP contribution in [0, 0.1) is 5.41 Å². The van der Waals surface area contributed by atoms with Gasteiger partial charge in [0.25, 0.3) is 0 Å². The van der Waals surface area contributed by atoms with Gasteiger partial charge in [-0.2, -0.15) is 0 Å². The van der Waals surface area contributed by atoms with E-state index in [-0.39, 0.29) is 27.1 Å². The summed E-state index contributed by atoms with van der Waals surface area (Å²) in [6.07, 6.45) is 0. The molecule has 0 bridgehead atoms. The predicted molar refractivity (Wildman–Crippen MR) is 282 cm³/mol. The monoisotopic (exact) mass is 858 g/mol. The lowest BCUT2D eigenvalue weighted by atomic mass is 9.59. The molecule has 9 aromatic rings. The Kier molecular flexibility index (Phi) is 9.19. The van der Waals surface area contributed by atoms with E-state index in [0.29, 0.717) is 0 Å². The molecule has 0 saturated carbocycles. The highest BCUT2D eigenvalue weighted by atomic mass is 15.1. The highest BCUT2D eigenvalue weighted by Crippen LogP contribution is 2.63. The molecule has 2 nitrogen and oxygen atoms in total. The van der Waals surface area contributed by atoms with Gasteiger partial charge in [-0.3, -0.25) is 0 Å². The van der Waals surface area contributed by atoms with E-state index >= 15 is 0 Å². The Morgan fingerprint density at radius 3 is 1.70 bits per heavy atom. The van der Waals surface area contributed by atoms with Crippen LogP contribution in [0.1, 0.15) is 104 Å². The van der Waals surface area contributed by atoms with Crippen LogP contribution < -0.4 is 4.90 Å². The average molecular weight is 859 g/mol. The summed E-state index contributed by atoms with van der Waals surface area (Å²) in [7, 11) is 0. The first-order valence-corrected chi connectivity index (χ1v) is 23.9. The Labute approximate surface area is 392 Å². The van der Waals surface area contributed by atoms with E-state index in [9.17, 15) is 0 Å². The number of aromatic nitrogens is 1. The highest BCUT2D eigenvalue weighted by Gasteiger charge is 2.57. The van der Waals surface area contributed by atoms with Crippen LogP contribution in [0.4, 0.5) is 17.1 Å². The molecule has 0 unspecified atom stereocenters. The third-order valence-corrected chi connectivity index (χ3v) is 16.9. The SMILES string of the molecule is CC(C)(C)c1ccc(N(c2ccc3c(c2)C(C)(C)c2ccccc2-3)c2cc3c(cc2-c2ccc4c(c2)c2ccccc2n4-c2ccc(-c4ccccc4)cc2)C(C)(C)C(C)(C)C3(C)C)cc1. The fourth-order valence-corrected chi connectivity index (χ4v) is 11.7. The summed E-state index contributed by atoms with van der Waals surface area (Å²) >= 11 is 0. The van der Waals surface area contributed by atoms with Crippen molar-refractivity contribution in [3.8, 4) is 39.1 Å². The number of rotatable bonds is 6. The van der Waals surface area contributed by atoms with E-state index in [1.165, 1.54) is 94.4 Å². The van der Waals surface area contributed by atoms with Crippen LogP contribution >= 0.6 is 0 Å². The van der Waals surface area contributed by atoms with E-state index in [0.717, 1.165) is 11.4 Å². The minimum Gasteiger partial charge on any atom is -0.310 e. The first-order chi connectivity index (χ1) is 31.4. The second kappa shape index (κ2) is 14.4. The van der Waals surface area contributed by atoms with Gasteiger partial charge < -0.3 is 9.47 Å². The standard InChI is InChI=1S/C64H62N2/c1-60(2,3)44-28-32-45(33-29-44)65(47-34-35-49-48-21-15-17-23-53(48)61(4,5)54(49)38-47)59-40-56-55(62(6,7)64(10,11)63(56,8)9)39-51(59)43-27-36-58-52(37-43)50-22-16-18-24-57(50)66(58)46-30-25-42(26-31-46)41-19-13-12-14-20-41/h12-40H,1-11H3. The van der Waals surface area contributed by atoms with Gasteiger partial charge in [0, 0.05) is 38.8 Å². The van der Waals surface area contributed by atoms with E-state index in [4.69, 9.17) is 0 Å². The summed E-state index contributed by atoms with van der Waals surface area (Å²) in [5.74, 6) is 0. The van der Waals surface area contributed by atoms with Crippen LogP contribution in [0.3, 0.4) is 0 Å². The quantitative estimate of drug-likeness (QED) is 0.162. The lowest BCUT2D eigenvalue weighted by Gasteiger charge is -2.44. The van der Waals surface area contributed by atoms with Gasteiger partial charge in [-0.05, 0) is 144 Å². The lowest BCUT2D eigenvalue weighted by Crippen LogP contribution is -2.42. The van der Waals surface area contributed by atoms with Crippen LogP contribution in [-0.4, -0.2) is 4.57 Å². The predicted octanol–water partition coefficient (Wildman–Crippen LogP) is 17.8. The van der Waals surface area contributed by atoms with Gasteiger partial charge in [0.1, 0.15) is 0 Å². The van der Waals surface area contributed by atoms with Crippen molar-refractivity contribution in [3.05, 3.63) is 204 Å². The van der Waals surface area contributed by atoms with Gasteiger partial charge >= 0.3 is 0 Å². The molecule has 328 valence electrons. The summed E-state index contributed by atoms with van der Waals surface area (Å²) in [6.45, 7) is 26.5. The van der Waals surface area contributed by atoms with Gasteiger partial charge in [0.15, 0.2) is 0 Å². The molecule has 66 heavy (non-hydrogen) atoms. The number of para-hydroxylation sites is 1. The van der Waals surface area contributed by atoms with E-state index in [1.54, 1.807) is 0 Å². The van der Waals surface area contributed by atoms with E-state index < -0.39 is 0 Å². The smallest absolute Gasteiger partial charge is 0.0543 e. The highest BCUT2D eigenvalue weighted by molar-refractivity contribution is 6.11. The Morgan fingerprint density at radius 2 is 0.985 bits per heavy atom. The zero-order valence-electron chi connectivity index (χ0n) is 40.6. The van der Waals surface area contributed by atoms with E-state index in [1.807, 2.05) is 0 Å². The van der Waals surface area contributed by atoms with E-state index in [2.05, 4.69) is 262 Å². The molecule has 8 aromatic carbocycles. The minimum absolute atomic E-state index is 0.00573. The van der Waals surface area contributed by atoms with Crippen molar-refractivity contribution in [2.75, 3.05) is 4.90 Å². The topological polar surface area (TPSA) is 8.17 Å². The van der Waals surface area contributed by atoms with Crippen molar-refractivity contribution in [1.29, 1.82) is 0 Å². The van der Waals surface area contributed by atoms with Gasteiger partial charge in [-0.25, -0.2) is 0 Å². The molecule has 0 saturated heterocycles. The first-order valence-electron chi connectivity index (χ1n) is 23.9. The molecule has 2 heteroatoms. The third-order valence-electron chi connectivity index (χ3n) is 16.9. The molecule has 0 spiro atoms. The lowest BCUT2D eigenvalue weighted by molar-refractivity contribution is 0.125. The van der Waals surface area contributed by atoms with Crippen molar-refractivity contribution in [2.24, 2.45) is 5.41 Å². The minimum atomic E-state index is -0.137. The molecule has 0 aliphatic heterocycles. The third kappa shape index (κ3) is 6.06. The number of fused-ring (bicyclic) bond motifs is 7. The van der Waals surface area contributed by atoms with Crippen LogP contribution in [-0.2, 0) is 21.7 Å². The Bertz CT molecular complexity index is 3370. The number of anilines is 3. The molecular formula is C64H62N2. The maximum Gasteiger partial charge on any atom is 0.0543 e. The molecule has 1 aromatic heterocycles. The Morgan fingerprint density at radius 1 is 0.409 bits per heavy atom. The van der Waals surface area contributed by atoms with Gasteiger partial charge in [0.2, 0.25) is 0 Å². The van der Waals surface area contributed by atoms with Crippen molar-refractivity contribution in [1.82, 2.24) is 4.57 Å². The van der Waals surface area contributed by atoms with Gasteiger partial charge in [-0.15, -0.1) is 0 Å². The molecular weight excluding hydrogens is 797 g/mol. The molecule has 0 fully saturated rings. The summed E-state index contributed by atoms with van der Waals surface area (Å²) < 4.78 is 2.44. The molecule has 0 amide bonds. The van der Waals surface area contributed by atoms with Crippen LogP contribution in [0.2, 0.25) is 0 Å². The largest absolute Gasteiger partial charge is 0.310 e. The van der Waals surface area contributed by atoms with Crippen LogP contribution in [0.25, 0.3) is 60.9 Å². The summed E-state index contributed by atoms with van der Waals surface area (Å²) in [4.78, 5) is 2.57. The molecule has 2 aliphatic carbocycles. The van der Waals surface area contributed by atoms with Gasteiger partial charge in [0.05, 0.1) is 16.7 Å². The van der Waals surface area contributed by atoms with Crippen LogP contribution in [0.15, 0.2) is 176 Å². The van der Waals surface area contributed by atoms with Crippen LogP contribution in [0.5, 0.6) is 0 Å². The molecule has 0 atom stereocenters. The molecule has 1 heterocycles. The maximum absolute atomic E-state index is 2.58.